The molecule has 0 aromatic carbocycles. The van der Waals surface area contributed by atoms with Crippen LogP contribution in [0.3, 0.4) is 0 Å². The van der Waals surface area contributed by atoms with E-state index in [9.17, 15) is 9.90 Å². The number of fused-ring (bicyclic) bond motifs is 1. The number of carbonyl (C=O) groups excluding carboxylic acids is 1. The lowest BCUT2D eigenvalue weighted by molar-refractivity contribution is -0.121. The predicted octanol–water partition coefficient (Wildman–Crippen LogP) is 0.911. The van der Waals surface area contributed by atoms with Gasteiger partial charge in [0.15, 0.2) is 5.82 Å². The molecule has 3 N–H and O–H groups in total. The van der Waals surface area contributed by atoms with Crippen LogP contribution in [0.4, 0.5) is 23.3 Å². The van der Waals surface area contributed by atoms with Gasteiger partial charge in [-0.2, -0.15) is 0 Å². The van der Waals surface area contributed by atoms with Crippen molar-refractivity contribution >= 4 is 29.2 Å². The van der Waals surface area contributed by atoms with Crippen molar-refractivity contribution < 1.29 is 14.6 Å². The largest absolute Gasteiger partial charge is 0.388 e. The normalized spacial score (nSPS) is 23.4. The molecule has 2 aliphatic rings. The Hall–Kier alpha value is -2.85. The van der Waals surface area contributed by atoms with E-state index in [1.807, 2.05) is 13.8 Å². The average molecular weight is 399 g/mol. The summed E-state index contributed by atoms with van der Waals surface area (Å²) in [6.45, 7) is 8.61. The molecule has 0 spiro atoms. The lowest BCUT2D eigenvalue weighted by Crippen LogP contribution is -2.46. The number of aromatic nitrogens is 4. The number of aliphatic hydroxyl groups is 1. The highest BCUT2D eigenvalue weighted by Gasteiger charge is 2.48. The molecule has 2 aliphatic heterocycles. The first-order valence-electron chi connectivity index (χ1n) is 9.57. The number of nitrogens with two attached hydrogens (primary N) is 1. The number of nitrogens with zero attached hydrogens (tertiary/aromatic N) is 6. The van der Waals surface area contributed by atoms with E-state index in [2.05, 4.69) is 24.8 Å². The highest BCUT2D eigenvalue weighted by Crippen LogP contribution is 2.46. The topological polar surface area (TPSA) is 131 Å². The zero-order chi connectivity index (χ0) is 20.9. The zero-order valence-corrected chi connectivity index (χ0v) is 17.0. The third kappa shape index (κ3) is 3.18. The van der Waals surface area contributed by atoms with E-state index < -0.39 is 5.41 Å². The standard InChI is InChI=1S/C19H25N7O3/c1-10-7-25(8-11(2)29-10)18-21-5-12(6-22-18)26-16-14(19(3,4)17(26)28)15(20)23-13(9-27)24-16/h5-6,10-11,27H,7-9H2,1-4H3,(H2,20,23,24)/t10-,11+. The highest BCUT2D eigenvalue weighted by molar-refractivity contribution is 6.12. The molecule has 10 nitrogen and oxygen atoms in total. The molecule has 2 aromatic rings. The number of amides is 1. The van der Waals surface area contributed by atoms with Crippen molar-refractivity contribution in [3.05, 3.63) is 23.8 Å². The minimum absolute atomic E-state index is 0.0893. The van der Waals surface area contributed by atoms with E-state index >= 15 is 0 Å². The monoisotopic (exact) mass is 399 g/mol. The van der Waals surface area contributed by atoms with Gasteiger partial charge in [0.1, 0.15) is 18.2 Å². The van der Waals surface area contributed by atoms with Gasteiger partial charge in [-0.15, -0.1) is 0 Å². The molecular formula is C19H25N7O3. The lowest BCUT2D eigenvalue weighted by Gasteiger charge is -2.35. The predicted molar refractivity (Wildman–Crippen MR) is 107 cm³/mol. The fourth-order valence-electron chi connectivity index (χ4n) is 4.00. The van der Waals surface area contributed by atoms with E-state index in [1.165, 1.54) is 4.90 Å². The maximum atomic E-state index is 13.2. The average Bonchev–Trinajstić information content (AvgIpc) is 2.87. The van der Waals surface area contributed by atoms with E-state index in [-0.39, 0.29) is 36.4 Å². The molecule has 0 unspecified atom stereocenters. The maximum absolute atomic E-state index is 13.2. The Kier molecular flexibility index (Phi) is 4.62. The Morgan fingerprint density at radius 1 is 1.21 bits per heavy atom. The number of hydrogen-bond acceptors (Lipinski definition) is 9. The third-order valence-electron chi connectivity index (χ3n) is 5.27. The fourth-order valence-corrected chi connectivity index (χ4v) is 4.00. The summed E-state index contributed by atoms with van der Waals surface area (Å²) in [4.78, 5) is 34.1. The quantitative estimate of drug-likeness (QED) is 0.773. The fraction of sp³-hybridized carbons (Fsp3) is 0.526. The van der Waals surface area contributed by atoms with Crippen molar-refractivity contribution in [2.45, 2.75) is 51.9 Å². The van der Waals surface area contributed by atoms with E-state index in [0.717, 1.165) is 0 Å². The molecule has 0 aliphatic carbocycles. The van der Waals surface area contributed by atoms with Gasteiger partial charge in [0, 0.05) is 13.1 Å². The molecule has 1 amide bonds. The van der Waals surface area contributed by atoms with Crippen LogP contribution in [0.2, 0.25) is 0 Å². The molecule has 10 heteroatoms. The maximum Gasteiger partial charge on any atom is 0.243 e. The second-order valence-electron chi connectivity index (χ2n) is 8.05. The molecule has 0 radical (unpaired) electrons. The zero-order valence-electron chi connectivity index (χ0n) is 17.0. The van der Waals surface area contributed by atoms with Crippen molar-refractivity contribution in [3.8, 4) is 0 Å². The minimum atomic E-state index is -0.902. The first-order chi connectivity index (χ1) is 13.7. The Labute approximate surface area is 168 Å². The minimum Gasteiger partial charge on any atom is -0.388 e. The second-order valence-corrected chi connectivity index (χ2v) is 8.05. The summed E-state index contributed by atoms with van der Waals surface area (Å²) < 4.78 is 5.76. The third-order valence-corrected chi connectivity index (χ3v) is 5.27. The van der Waals surface area contributed by atoms with Crippen LogP contribution in [0.25, 0.3) is 0 Å². The number of anilines is 4. The van der Waals surface area contributed by atoms with E-state index in [0.29, 0.717) is 36.1 Å². The van der Waals surface area contributed by atoms with Gasteiger partial charge >= 0.3 is 0 Å². The van der Waals surface area contributed by atoms with Crippen LogP contribution in [-0.4, -0.2) is 56.2 Å². The Morgan fingerprint density at radius 2 is 1.83 bits per heavy atom. The summed E-state index contributed by atoms with van der Waals surface area (Å²) in [5.74, 6) is 1.09. The summed E-state index contributed by atoms with van der Waals surface area (Å²) >= 11 is 0. The number of rotatable bonds is 3. The molecule has 154 valence electrons. The number of carbonyl (C=O) groups is 1. The molecular weight excluding hydrogens is 374 g/mol. The van der Waals surface area contributed by atoms with Crippen molar-refractivity contribution in [1.29, 1.82) is 0 Å². The van der Waals surface area contributed by atoms with Crippen molar-refractivity contribution in [2.24, 2.45) is 0 Å². The van der Waals surface area contributed by atoms with Gasteiger partial charge in [-0.3, -0.25) is 9.69 Å². The van der Waals surface area contributed by atoms with E-state index in [1.54, 1.807) is 26.2 Å². The van der Waals surface area contributed by atoms with Crippen molar-refractivity contribution in [3.63, 3.8) is 0 Å². The summed E-state index contributed by atoms with van der Waals surface area (Å²) in [6, 6.07) is 0. The number of ether oxygens (including phenoxy) is 1. The molecule has 0 saturated carbocycles. The number of aliphatic hydroxyl groups excluding tert-OH is 1. The van der Waals surface area contributed by atoms with Crippen LogP contribution < -0.4 is 15.5 Å². The molecule has 0 bridgehead atoms. The second kappa shape index (κ2) is 6.89. The first kappa shape index (κ1) is 19.5. The molecule has 1 fully saturated rings. The Bertz CT molecular complexity index is 938. The molecule has 2 atom stereocenters. The van der Waals surface area contributed by atoms with Gasteiger partial charge in [0.25, 0.3) is 0 Å². The van der Waals surface area contributed by atoms with Crippen LogP contribution >= 0.6 is 0 Å². The summed E-state index contributed by atoms with van der Waals surface area (Å²) in [5.41, 5.74) is 6.21. The van der Waals surface area contributed by atoms with Crippen LogP contribution in [0, 0.1) is 0 Å². The van der Waals surface area contributed by atoms with Crippen LogP contribution in [-0.2, 0) is 21.6 Å². The SMILES string of the molecule is C[C@@H]1CN(c2ncc(N3C(=O)C(C)(C)c4c(N)nc(CO)nc43)cn2)C[C@H](C)O1. The molecule has 4 heterocycles. The lowest BCUT2D eigenvalue weighted by atomic mass is 9.87. The van der Waals surface area contributed by atoms with Gasteiger partial charge in [-0.05, 0) is 27.7 Å². The first-order valence-corrected chi connectivity index (χ1v) is 9.57. The van der Waals surface area contributed by atoms with Crippen molar-refractivity contribution in [1.82, 2.24) is 19.9 Å². The molecule has 1 saturated heterocycles. The summed E-state index contributed by atoms with van der Waals surface area (Å²) in [5, 5.41) is 9.45. The number of morpholine rings is 1. The summed E-state index contributed by atoms with van der Waals surface area (Å²) in [6.07, 6.45) is 3.39. The summed E-state index contributed by atoms with van der Waals surface area (Å²) in [7, 11) is 0. The molecule has 4 rings (SSSR count). The van der Waals surface area contributed by atoms with E-state index in [4.69, 9.17) is 10.5 Å². The highest BCUT2D eigenvalue weighted by atomic mass is 16.5. The van der Waals surface area contributed by atoms with Gasteiger partial charge < -0.3 is 20.5 Å². The van der Waals surface area contributed by atoms with Gasteiger partial charge in [-0.1, -0.05) is 0 Å². The number of nitrogen functional groups attached to an aromatic ring is 1. The van der Waals surface area contributed by atoms with Gasteiger partial charge in [0.05, 0.1) is 41.3 Å². The number of hydrogen-bond donors (Lipinski definition) is 2. The van der Waals surface area contributed by atoms with Crippen LogP contribution in [0.5, 0.6) is 0 Å². The Morgan fingerprint density at radius 3 is 2.41 bits per heavy atom. The Balaban J connectivity index is 1.71. The van der Waals surface area contributed by atoms with Gasteiger partial charge in [-0.25, -0.2) is 19.9 Å². The molecule has 2 aromatic heterocycles. The smallest absolute Gasteiger partial charge is 0.243 e. The van der Waals surface area contributed by atoms with Crippen LogP contribution in [0.1, 0.15) is 39.1 Å². The van der Waals surface area contributed by atoms with Crippen LogP contribution in [0.15, 0.2) is 12.4 Å². The van der Waals surface area contributed by atoms with Gasteiger partial charge in [0.2, 0.25) is 11.9 Å². The molecule has 29 heavy (non-hydrogen) atoms. The van der Waals surface area contributed by atoms with Crippen molar-refractivity contribution in [2.75, 3.05) is 28.6 Å².